The Bertz CT molecular complexity index is 127. The highest BCUT2D eigenvalue weighted by Crippen LogP contribution is 1.95. The normalized spacial score (nSPS) is 22.7. The van der Waals surface area contributed by atoms with Gasteiger partial charge in [-0.25, -0.2) is 4.79 Å². The van der Waals surface area contributed by atoms with Crippen LogP contribution >= 0.6 is 0 Å². The van der Waals surface area contributed by atoms with Crippen molar-refractivity contribution in [3.63, 3.8) is 0 Å². The van der Waals surface area contributed by atoms with Gasteiger partial charge in [-0.2, -0.15) is 4.58 Å². The van der Waals surface area contributed by atoms with Gasteiger partial charge in [-0.05, 0) is 0 Å². The van der Waals surface area contributed by atoms with Gasteiger partial charge < -0.3 is 9.31 Å². The molecule has 0 aliphatic carbocycles. The van der Waals surface area contributed by atoms with Gasteiger partial charge in [0.2, 0.25) is 0 Å². The van der Waals surface area contributed by atoms with Crippen LogP contribution in [0.5, 0.6) is 0 Å². The predicted octanol–water partition coefficient (Wildman–Crippen LogP) is -1.59. The van der Waals surface area contributed by atoms with Gasteiger partial charge in [-0.3, -0.25) is 4.79 Å². The Balaban J connectivity index is 2.47. The Hall–Kier alpha value is -0.883. The molecule has 0 saturated carbocycles. The SMILES string of the molecule is O=C1CC(=O)O[SiH2]OO1. The molecule has 1 fully saturated rings. The molecule has 1 aliphatic rings. The molecule has 0 aromatic rings. The first-order chi connectivity index (χ1) is 4.29. The lowest BCUT2D eigenvalue weighted by molar-refractivity contribution is -0.214. The van der Waals surface area contributed by atoms with Gasteiger partial charge in [-0.15, -0.1) is 0 Å². The number of hydrogen-bond acceptors (Lipinski definition) is 5. The van der Waals surface area contributed by atoms with Crippen LogP contribution in [0.15, 0.2) is 0 Å². The first-order valence-electron chi connectivity index (χ1n) is 2.27. The van der Waals surface area contributed by atoms with E-state index >= 15 is 0 Å². The third-order valence-electron chi connectivity index (χ3n) is 0.709. The van der Waals surface area contributed by atoms with Crippen LogP contribution in [0.4, 0.5) is 0 Å². The second-order valence-corrected chi connectivity index (χ2v) is 2.14. The average molecular weight is 148 g/mol. The third kappa shape index (κ3) is 1.82. The topological polar surface area (TPSA) is 61.8 Å². The summed E-state index contributed by atoms with van der Waals surface area (Å²) >= 11 is 0. The van der Waals surface area contributed by atoms with Crippen molar-refractivity contribution in [3.8, 4) is 0 Å². The fourth-order valence-corrected chi connectivity index (χ4v) is 0.839. The van der Waals surface area contributed by atoms with Crippen molar-refractivity contribution < 1.29 is 23.5 Å². The fraction of sp³-hybridized carbons (Fsp3) is 0.333. The molecule has 1 saturated heterocycles. The number of hydrogen-bond donors (Lipinski definition) is 0. The van der Waals surface area contributed by atoms with Crippen molar-refractivity contribution in [2.24, 2.45) is 0 Å². The van der Waals surface area contributed by atoms with Crippen LogP contribution in [0.2, 0.25) is 0 Å². The van der Waals surface area contributed by atoms with Gasteiger partial charge in [0.1, 0.15) is 6.42 Å². The lowest BCUT2D eigenvalue weighted by Gasteiger charge is -1.92. The van der Waals surface area contributed by atoms with Crippen LogP contribution in [-0.2, 0) is 23.5 Å². The Morgan fingerprint density at radius 2 is 2.11 bits per heavy atom. The van der Waals surface area contributed by atoms with Crippen LogP contribution in [0.1, 0.15) is 6.42 Å². The summed E-state index contributed by atoms with van der Waals surface area (Å²) in [6.45, 7) is 0. The first-order valence-corrected chi connectivity index (χ1v) is 3.42. The molecule has 9 heavy (non-hydrogen) atoms. The van der Waals surface area contributed by atoms with Crippen molar-refractivity contribution in [1.82, 2.24) is 0 Å². The van der Waals surface area contributed by atoms with E-state index in [1.807, 2.05) is 0 Å². The lowest BCUT2D eigenvalue weighted by atomic mass is 10.5. The van der Waals surface area contributed by atoms with E-state index < -0.39 is 21.9 Å². The van der Waals surface area contributed by atoms with Gasteiger partial charge in [-0.1, -0.05) is 0 Å². The van der Waals surface area contributed by atoms with Crippen LogP contribution in [0, 0.1) is 0 Å². The van der Waals surface area contributed by atoms with E-state index in [4.69, 9.17) is 0 Å². The highest BCUT2D eigenvalue weighted by molar-refractivity contribution is 6.23. The van der Waals surface area contributed by atoms with Crippen LogP contribution in [-0.4, -0.2) is 21.9 Å². The second kappa shape index (κ2) is 2.60. The molecule has 0 bridgehead atoms. The molecule has 0 unspecified atom stereocenters. The molecule has 0 aromatic heterocycles. The molecule has 0 N–H and O–H groups in total. The third-order valence-corrected chi connectivity index (χ3v) is 1.36. The highest BCUT2D eigenvalue weighted by atomic mass is 28.3. The Morgan fingerprint density at radius 3 is 2.89 bits per heavy atom. The maximum Gasteiger partial charge on any atom is 0.418 e. The highest BCUT2D eigenvalue weighted by Gasteiger charge is 2.17. The summed E-state index contributed by atoms with van der Waals surface area (Å²) in [7, 11) is -1.40. The molecule has 6 heteroatoms. The summed E-state index contributed by atoms with van der Waals surface area (Å²) in [5, 5.41) is 0. The lowest BCUT2D eigenvalue weighted by Crippen LogP contribution is -2.06. The molecule has 1 aliphatic heterocycles. The minimum absolute atomic E-state index is 0.340. The molecule has 0 spiro atoms. The van der Waals surface area contributed by atoms with E-state index in [1.165, 1.54) is 0 Å². The van der Waals surface area contributed by atoms with E-state index in [-0.39, 0.29) is 6.42 Å². The van der Waals surface area contributed by atoms with E-state index in [1.54, 1.807) is 0 Å². The van der Waals surface area contributed by atoms with Gasteiger partial charge in [0.25, 0.3) is 0 Å². The maximum atomic E-state index is 10.3. The molecular weight excluding hydrogens is 144 g/mol. The fourth-order valence-electron chi connectivity index (χ4n) is 0.378. The van der Waals surface area contributed by atoms with Crippen molar-refractivity contribution in [2.45, 2.75) is 6.42 Å². The summed E-state index contributed by atoms with van der Waals surface area (Å²) < 4.78 is 8.63. The minimum atomic E-state index is -1.40. The summed E-state index contributed by atoms with van der Waals surface area (Å²) in [6.07, 6.45) is -0.340. The molecule has 0 amide bonds. The maximum absolute atomic E-state index is 10.3. The minimum Gasteiger partial charge on any atom is -0.496 e. The molecule has 0 aromatic carbocycles. The van der Waals surface area contributed by atoms with Crippen LogP contribution in [0.25, 0.3) is 0 Å². The zero-order valence-electron chi connectivity index (χ0n) is 4.46. The summed E-state index contributed by atoms with van der Waals surface area (Å²) in [6, 6.07) is 0. The standard InChI is InChI=1S/C3H4O5Si/c4-2-1-3(5)7-9-8-6-2/h1,9H2. The molecule has 50 valence electrons. The Morgan fingerprint density at radius 1 is 1.33 bits per heavy atom. The largest absolute Gasteiger partial charge is 0.496 e. The predicted molar refractivity (Wildman–Crippen MR) is 26.4 cm³/mol. The van der Waals surface area contributed by atoms with Crippen LogP contribution < -0.4 is 0 Å². The Labute approximate surface area is 52.9 Å². The monoisotopic (exact) mass is 148 g/mol. The first kappa shape index (κ1) is 6.24. The van der Waals surface area contributed by atoms with Crippen molar-refractivity contribution >= 4 is 21.9 Å². The van der Waals surface area contributed by atoms with E-state index in [9.17, 15) is 9.59 Å². The number of carbonyl (C=O) groups excluding carboxylic acids is 2. The quantitative estimate of drug-likeness (QED) is 0.235. The van der Waals surface area contributed by atoms with Crippen molar-refractivity contribution in [1.29, 1.82) is 0 Å². The second-order valence-electron chi connectivity index (χ2n) is 1.38. The molecule has 1 heterocycles. The van der Waals surface area contributed by atoms with Gasteiger partial charge >= 0.3 is 21.9 Å². The average Bonchev–Trinajstić information content (AvgIpc) is 1.93. The van der Waals surface area contributed by atoms with Crippen LogP contribution in [0.3, 0.4) is 0 Å². The number of carbonyl (C=O) groups is 2. The van der Waals surface area contributed by atoms with E-state index in [0.717, 1.165) is 0 Å². The van der Waals surface area contributed by atoms with Gasteiger partial charge in [0, 0.05) is 0 Å². The van der Waals surface area contributed by atoms with Crippen molar-refractivity contribution in [2.75, 3.05) is 0 Å². The zero-order valence-corrected chi connectivity index (χ0v) is 5.87. The molecular formula is C3H4O5Si. The van der Waals surface area contributed by atoms with E-state index in [2.05, 4.69) is 13.9 Å². The van der Waals surface area contributed by atoms with Gasteiger partial charge in [0.15, 0.2) is 0 Å². The van der Waals surface area contributed by atoms with E-state index in [0.29, 0.717) is 0 Å². The molecule has 0 atom stereocenters. The molecule has 0 radical (unpaired) electrons. The molecule has 1 rings (SSSR count). The van der Waals surface area contributed by atoms with Crippen molar-refractivity contribution in [3.05, 3.63) is 0 Å². The van der Waals surface area contributed by atoms with Gasteiger partial charge in [0.05, 0.1) is 0 Å². The zero-order chi connectivity index (χ0) is 6.69. The Kier molecular flexibility index (Phi) is 1.80. The summed E-state index contributed by atoms with van der Waals surface area (Å²) in [5.41, 5.74) is 0. The summed E-state index contributed by atoms with van der Waals surface area (Å²) in [4.78, 5) is 24.6. The number of rotatable bonds is 0. The smallest absolute Gasteiger partial charge is 0.418 e. The summed E-state index contributed by atoms with van der Waals surface area (Å²) in [5.74, 6) is -1.26. The molecule has 5 nitrogen and oxygen atoms in total.